The highest BCUT2D eigenvalue weighted by molar-refractivity contribution is 7.18. The first-order chi connectivity index (χ1) is 16.7. The second kappa shape index (κ2) is 9.81. The third-order valence-corrected chi connectivity index (χ3v) is 7.05. The van der Waals surface area contributed by atoms with E-state index in [-0.39, 0.29) is 22.0 Å². The number of thiophene rings is 1. The fourth-order valence-corrected chi connectivity index (χ4v) is 4.89. The van der Waals surface area contributed by atoms with Crippen LogP contribution in [0.25, 0.3) is 22.3 Å². The number of fused-ring (bicyclic) bond motifs is 1. The Bertz CT molecular complexity index is 1480. The van der Waals surface area contributed by atoms with Gasteiger partial charge < -0.3 is 15.8 Å². The molecule has 0 spiro atoms. The smallest absolute Gasteiger partial charge is 0.341 e. The number of carbonyl (C=O) groups is 3. The van der Waals surface area contributed by atoms with Gasteiger partial charge in [-0.3, -0.25) is 14.6 Å². The molecule has 1 aromatic carbocycles. The number of esters is 1. The number of nitrogens with two attached hydrogens (primary N) is 1. The molecule has 0 saturated heterocycles. The number of hydrogen-bond donors (Lipinski definition) is 2. The molecule has 0 aliphatic heterocycles. The lowest BCUT2D eigenvalue weighted by atomic mass is 10.0. The van der Waals surface area contributed by atoms with Gasteiger partial charge in [0.2, 0.25) is 0 Å². The molecule has 35 heavy (non-hydrogen) atoms. The summed E-state index contributed by atoms with van der Waals surface area (Å²) in [7, 11) is 0. The molecule has 3 heterocycles. The molecule has 3 aromatic heterocycles. The van der Waals surface area contributed by atoms with Crippen molar-refractivity contribution in [1.82, 2.24) is 9.97 Å². The van der Waals surface area contributed by atoms with Gasteiger partial charge in [0, 0.05) is 16.6 Å². The number of ether oxygens (including phenoxy) is 1. The Hall–Kier alpha value is -3.82. The number of nitrogens with one attached hydrogen (secondary N) is 1. The van der Waals surface area contributed by atoms with E-state index in [0.717, 1.165) is 11.3 Å². The number of carbonyl (C=O) groups excluding carboxylic acids is 3. The Kier molecular flexibility index (Phi) is 6.81. The first kappa shape index (κ1) is 24.3. The van der Waals surface area contributed by atoms with Crippen LogP contribution in [-0.2, 0) is 4.74 Å². The minimum absolute atomic E-state index is 0.0986. The van der Waals surface area contributed by atoms with Crippen LogP contribution >= 0.6 is 22.9 Å². The van der Waals surface area contributed by atoms with E-state index in [4.69, 9.17) is 27.1 Å². The second-order valence-corrected chi connectivity index (χ2v) is 9.07. The van der Waals surface area contributed by atoms with Crippen LogP contribution < -0.4 is 11.1 Å². The van der Waals surface area contributed by atoms with Crippen molar-refractivity contribution >= 4 is 56.6 Å². The molecule has 10 heteroatoms. The van der Waals surface area contributed by atoms with Gasteiger partial charge in [0.05, 0.1) is 39.5 Å². The lowest BCUT2D eigenvalue weighted by molar-refractivity contribution is 0.0527. The highest BCUT2D eigenvalue weighted by Crippen LogP contribution is 2.35. The average Bonchev–Trinajstić information content (AvgIpc) is 3.17. The Morgan fingerprint density at radius 3 is 2.54 bits per heavy atom. The summed E-state index contributed by atoms with van der Waals surface area (Å²) in [6.45, 7) is 5.21. The summed E-state index contributed by atoms with van der Waals surface area (Å²) in [4.78, 5) is 47.3. The quantitative estimate of drug-likeness (QED) is 0.347. The molecule has 0 atom stereocenters. The molecule has 178 valence electrons. The first-order valence-corrected chi connectivity index (χ1v) is 11.8. The van der Waals surface area contributed by atoms with Crippen molar-refractivity contribution in [2.24, 2.45) is 5.73 Å². The summed E-state index contributed by atoms with van der Waals surface area (Å²) < 4.78 is 5.14. The van der Waals surface area contributed by atoms with Gasteiger partial charge in [0.25, 0.3) is 11.8 Å². The maximum atomic E-state index is 13.6. The number of aromatic nitrogens is 2. The third-order valence-electron chi connectivity index (χ3n) is 5.42. The fraction of sp³-hybridized carbons (Fsp3) is 0.160. The van der Waals surface area contributed by atoms with Crippen LogP contribution in [-0.4, -0.2) is 34.4 Å². The lowest BCUT2D eigenvalue weighted by Crippen LogP contribution is -2.16. The molecule has 0 bridgehead atoms. The predicted molar refractivity (Wildman–Crippen MR) is 136 cm³/mol. The minimum Gasteiger partial charge on any atom is -0.462 e. The molecule has 8 nitrogen and oxygen atoms in total. The molecule has 2 amide bonds. The number of rotatable bonds is 6. The Balaban J connectivity index is 1.87. The predicted octanol–water partition coefficient (Wildman–Crippen LogP) is 5.16. The van der Waals surface area contributed by atoms with E-state index in [2.05, 4.69) is 10.3 Å². The number of pyridine rings is 2. The number of primary amides is 1. The van der Waals surface area contributed by atoms with Crippen LogP contribution in [0.4, 0.5) is 5.00 Å². The SMILES string of the molecule is CCOC(=O)c1c(NC(=O)c2cc(-c3ccccn3)nc3c(C)c(Cl)ccc23)sc(C(N)=O)c1C. The molecule has 0 saturated carbocycles. The number of hydrogen-bond acceptors (Lipinski definition) is 7. The molecular weight excluding hydrogens is 488 g/mol. The monoisotopic (exact) mass is 508 g/mol. The van der Waals surface area contributed by atoms with E-state index < -0.39 is 17.8 Å². The van der Waals surface area contributed by atoms with Crippen molar-refractivity contribution in [3.05, 3.63) is 74.7 Å². The topological polar surface area (TPSA) is 124 Å². The number of aryl methyl sites for hydroxylation is 1. The molecular formula is C25H21ClN4O4S. The summed E-state index contributed by atoms with van der Waals surface area (Å²) in [6, 6.07) is 10.4. The van der Waals surface area contributed by atoms with Gasteiger partial charge >= 0.3 is 5.97 Å². The van der Waals surface area contributed by atoms with Crippen molar-refractivity contribution in [2.45, 2.75) is 20.8 Å². The molecule has 0 unspecified atom stereocenters. The van der Waals surface area contributed by atoms with E-state index >= 15 is 0 Å². The zero-order valence-corrected chi connectivity index (χ0v) is 20.7. The third kappa shape index (κ3) is 4.60. The van der Waals surface area contributed by atoms with Crippen LogP contribution in [0.2, 0.25) is 5.02 Å². The standard InChI is InChI=1S/C25H21ClN4O4S/c1-4-34-25(33)19-13(3)21(22(27)31)35-24(19)30-23(32)15-11-18(17-7-5-6-10-28-17)29-20-12(2)16(26)9-8-14(15)20/h5-11H,4H2,1-3H3,(H2,27,31)(H,30,32). The number of halogens is 1. The summed E-state index contributed by atoms with van der Waals surface area (Å²) in [5, 5.41) is 4.04. The van der Waals surface area contributed by atoms with Gasteiger partial charge in [-0.05, 0) is 56.2 Å². The van der Waals surface area contributed by atoms with Crippen molar-refractivity contribution < 1.29 is 19.1 Å². The summed E-state index contributed by atoms with van der Waals surface area (Å²) in [5.41, 5.74) is 8.57. The van der Waals surface area contributed by atoms with Gasteiger partial charge in [-0.25, -0.2) is 9.78 Å². The molecule has 0 fully saturated rings. The molecule has 4 aromatic rings. The van der Waals surface area contributed by atoms with Crippen molar-refractivity contribution in [3.8, 4) is 11.4 Å². The first-order valence-electron chi connectivity index (χ1n) is 10.7. The Labute approximate surface area is 210 Å². The molecule has 0 aliphatic carbocycles. The van der Waals surface area contributed by atoms with Crippen LogP contribution in [0.1, 0.15) is 48.4 Å². The zero-order valence-electron chi connectivity index (χ0n) is 19.1. The number of benzene rings is 1. The van der Waals surface area contributed by atoms with Crippen LogP contribution in [0.15, 0.2) is 42.6 Å². The second-order valence-electron chi connectivity index (χ2n) is 7.64. The van der Waals surface area contributed by atoms with E-state index in [1.807, 2.05) is 13.0 Å². The summed E-state index contributed by atoms with van der Waals surface area (Å²) >= 11 is 7.26. The highest BCUT2D eigenvalue weighted by atomic mass is 35.5. The van der Waals surface area contributed by atoms with Gasteiger partial charge in [-0.2, -0.15) is 0 Å². The number of anilines is 1. The maximum Gasteiger partial charge on any atom is 0.341 e. The van der Waals surface area contributed by atoms with Gasteiger partial charge in [-0.15, -0.1) is 11.3 Å². The van der Waals surface area contributed by atoms with Crippen LogP contribution in [0.3, 0.4) is 0 Å². The summed E-state index contributed by atoms with van der Waals surface area (Å²) in [5.74, 6) is -1.85. The molecule has 0 radical (unpaired) electrons. The average molecular weight is 509 g/mol. The van der Waals surface area contributed by atoms with E-state index in [1.165, 1.54) is 0 Å². The van der Waals surface area contributed by atoms with Crippen molar-refractivity contribution in [1.29, 1.82) is 0 Å². The summed E-state index contributed by atoms with van der Waals surface area (Å²) in [6.07, 6.45) is 1.64. The highest BCUT2D eigenvalue weighted by Gasteiger charge is 2.27. The van der Waals surface area contributed by atoms with Gasteiger partial charge in [0.15, 0.2) is 0 Å². The van der Waals surface area contributed by atoms with Gasteiger partial charge in [0.1, 0.15) is 5.00 Å². The van der Waals surface area contributed by atoms with E-state index in [9.17, 15) is 14.4 Å². The Morgan fingerprint density at radius 1 is 1.11 bits per heavy atom. The van der Waals surface area contributed by atoms with Crippen molar-refractivity contribution in [3.63, 3.8) is 0 Å². The Morgan fingerprint density at radius 2 is 1.89 bits per heavy atom. The molecule has 0 aliphatic rings. The zero-order chi connectivity index (χ0) is 25.3. The fourth-order valence-electron chi connectivity index (χ4n) is 3.69. The molecule has 4 rings (SSSR count). The largest absolute Gasteiger partial charge is 0.462 e. The van der Waals surface area contributed by atoms with Crippen LogP contribution in [0, 0.1) is 13.8 Å². The normalized spacial score (nSPS) is 10.9. The minimum atomic E-state index is -0.699. The van der Waals surface area contributed by atoms with Crippen molar-refractivity contribution in [2.75, 3.05) is 11.9 Å². The number of nitrogens with zero attached hydrogens (tertiary/aromatic N) is 2. The van der Waals surface area contributed by atoms with E-state index in [0.29, 0.717) is 44.0 Å². The number of amides is 2. The molecule has 3 N–H and O–H groups in total. The van der Waals surface area contributed by atoms with Gasteiger partial charge in [-0.1, -0.05) is 23.7 Å². The van der Waals surface area contributed by atoms with Crippen LogP contribution in [0.5, 0.6) is 0 Å². The maximum absolute atomic E-state index is 13.6. The van der Waals surface area contributed by atoms with E-state index in [1.54, 1.807) is 50.4 Å². The lowest BCUT2D eigenvalue weighted by Gasteiger charge is -2.13.